The summed E-state index contributed by atoms with van der Waals surface area (Å²) in [6, 6.07) is 6.51. The van der Waals surface area contributed by atoms with Crippen LogP contribution in [0.3, 0.4) is 0 Å². The molecule has 0 spiro atoms. The molecule has 3 unspecified atom stereocenters. The first kappa shape index (κ1) is 15.0. The van der Waals surface area contributed by atoms with Crippen LogP contribution in [0.2, 0.25) is 0 Å². The van der Waals surface area contributed by atoms with Crippen molar-refractivity contribution in [2.75, 3.05) is 0 Å². The highest BCUT2D eigenvalue weighted by Gasteiger charge is 2.42. The van der Waals surface area contributed by atoms with Crippen LogP contribution in [0.25, 0.3) is 0 Å². The van der Waals surface area contributed by atoms with Crippen molar-refractivity contribution < 1.29 is 9.18 Å². The van der Waals surface area contributed by atoms with Crippen LogP contribution >= 0.6 is 0 Å². The summed E-state index contributed by atoms with van der Waals surface area (Å²) in [7, 11) is 0. The minimum absolute atomic E-state index is 0.0659. The zero-order valence-corrected chi connectivity index (χ0v) is 12.6. The minimum Gasteiger partial charge on any atom is -0.318 e. The van der Waals surface area contributed by atoms with Crippen molar-refractivity contribution in [3.8, 4) is 0 Å². The second-order valence-electron chi connectivity index (χ2n) is 5.78. The second kappa shape index (κ2) is 5.92. The summed E-state index contributed by atoms with van der Waals surface area (Å²) in [5, 5.41) is 3.27. The summed E-state index contributed by atoms with van der Waals surface area (Å²) in [5.74, 6) is 0.128. The molecule has 3 atom stereocenters. The van der Waals surface area contributed by atoms with Crippen LogP contribution in [0.4, 0.5) is 4.39 Å². The molecule has 3 nitrogen and oxygen atoms in total. The lowest BCUT2D eigenvalue weighted by atomic mass is 10.0. The molecule has 4 heteroatoms. The molecule has 1 aromatic rings. The molecule has 0 bridgehead atoms. The van der Waals surface area contributed by atoms with Gasteiger partial charge in [-0.3, -0.25) is 10.1 Å². The van der Waals surface area contributed by atoms with Gasteiger partial charge in [0.05, 0.1) is 6.04 Å². The topological polar surface area (TPSA) is 32.3 Å². The van der Waals surface area contributed by atoms with Crippen LogP contribution in [0.5, 0.6) is 0 Å². The predicted octanol–water partition coefficient (Wildman–Crippen LogP) is 3.08. The third-order valence-electron chi connectivity index (χ3n) is 4.20. The monoisotopic (exact) mass is 278 g/mol. The van der Waals surface area contributed by atoms with E-state index in [0.29, 0.717) is 17.9 Å². The zero-order valence-electron chi connectivity index (χ0n) is 12.6. The molecule has 2 rings (SSSR count). The SMILES string of the molecule is CCC1NC(c2ccccc2F)N(C(C)C(C)C)C1=O. The van der Waals surface area contributed by atoms with Crippen LogP contribution < -0.4 is 5.32 Å². The molecule has 1 fully saturated rings. The van der Waals surface area contributed by atoms with Crippen molar-refractivity contribution in [1.29, 1.82) is 0 Å². The van der Waals surface area contributed by atoms with Crippen LogP contribution in [0, 0.1) is 11.7 Å². The van der Waals surface area contributed by atoms with Gasteiger partial charge >= 0.3 is 0 Å². The first-order valence-corrected chi connectivity index (χ1v) is 7.30. The summed E-state index contributed by atoms with van der Waals surface area (Å²) < 4.78 is 14.1. The Bertz CT molecular complexity index is 489. The number of hydrogen-bond acceptors (Lipinski definition) is 2. The summed E-state index contributed by atoms with van der Waals surface area (Å²) in [6.45, 7) is 8.15. The number of rotatable bonds is 4. The molecule has 0 aliphatic carbocycles. The van der Waals surface area contributed by atoms with Gasteiger partial charge in [-0.2, -0.15) is 0 Å². The van der Waals surface area contributed by atoms with Gasteiger partial charge in [-0.1, -0.05) is 39.0 Å². The van der Waals surface area contributed by atoms with E-state index in [-0.39, 0.29) is 30.0 Å². The fourth-order valence-electron chi connectivity index (χ4n) is 2.64. The summed E-state index contributed by atoms with van der Waals surface area (Å²) in [5.41, 5.74) is 0.546. The molecule has 0 radical (unpaired) electrons. The van der Waals surface area contributed by atoms with Gasteiger partial charge < -0.3 is 4.90 Å². The average molecular weight is 278 g/mol. The number of nitrogens with zero attached hydrogens (tertiary/aromatic N) is 1. The van der Waals surface area contributed by atoms with E-state index in [1.54, 1.807) is 17.0 Å². The Morgan fingerprint density at radius 2 is 1.95 bits per heavy atom. The van der Waals surface area contributed by atoms with Crippen molar-refractivity contribution in [2.45, 2.75) is 52.4 Å². The number of hydrogen-bond donors (Lipinski definition) is 1. The van der Waals surface area contributed by atoms with E-state index < -0.39 is 0 Å². The Hall–Kier alpha value is -1.42. The van der Waals surface area contributed by atoms with E-state index in [2.05, 4.69) is 19.2 Å². The molecule has 1 aliphatic heterocycles. The third kappa shape index (κ3) is 2.57. The molecule has 1 amide bonds. The Balaban J connectivity index is 2.39. The van der Waals surface area contributed by atoms with E-state index in [4.69, 9.17) is 0 Å². The van der Waals surface area contributed by atoms with Gasteiger partial charge in [0, 0.05) is 11.6 Å². The fourth-order valence-corrected chi connectivity index (χ4v) is 2.64. The maximum atomic E-state index is 14.1. The summed E-state index contributed by atoms with van der Waals surface area (Å²) >= 11 is 0. The Morgan fingerprint density at radius 1 is 1.30 bits per heavy atom. The molecule has 110 valence electrons. The van der Waals surface area contributed by atoms with E-state index >= 15 is 0 Å². The molecule has 20 heavy (non-hydrogen) atoms. The van der Waals surface area contributed by atoms with Gasteiger partial charge in [0.2, 0.25) is 5.91 Å². The average Bonchev–Trinajstić information content (AvgIpc) is 2.75. The molecule has 0 saturated carbocycles. The largest absolute Gasteiger partial charge is 0.318 e. The first-order valence-electron chi connectivity index (χ1n) is 7.30. The van der Waals surface area contributed by atoms with Crippen molar-refractivity contribution in [1.82, 2.24) is 10.2 Å². The van der Waals surface area contributed by atoms with Gasteiger partial charge in [-0.05, 0) is 25.3 Å². The minimum atomic E-state index is -0.369. The fraction of sp³-hybridized carbons (Fsp3) is 0.562. The highest BCUT2D eigenvalue weighted by Crippen LogP contribution is 2.31. The van der Waals surface area contributed by atoms with Gasteiger partial charge in [-0.25, -0.2) is 4.39 Å². The number of carbonyl (C=O) groups is 1. The van der Waals surface area contributed by atoms with Gasteiger partial charge in [-0.15, -0.1) is 0 Å². The van der Waals surface area contributed by atoms with E-state index in [9.17, 15) is 9.18 Å². The van der Waals surface area contributed by atoms with Gasteiger partial charge in [0.25, 0.3) is 0 Å². The lowest BCUT2D eigenvalue weighted by molar-refractivity contribution is -0.133. The van der Waals surface area contributed by atoms with Crippen LogP contribution in [-0.4, -0.2) is 22.9 Å². The third-order valence-corrected chi connectivity index (χ3v) is 4.20. The predicted molar refractivity (Wildman–Crippen MR) is 77.5 cm³/mol. The maximum Gasteiger partial charge on any atom is 0.241 e. The van der Waals surface area contributed by atoms with Gasteiger partial charge in [0.15, 0.2) is 0 Å². The smallest absolute Gasteiger partial charge is 0.241 e. The summed E-state index contributed by atoms with van der Waals surface area (Å²) in [4.78, 5) is 14.3. The highest BCUT2D eigenvalue weighted by atomic mass is 19.1. The molecular weight excluding hydrogens is 255 g/mol. The maximum absolute atomic E-state index is 14.1. The van der Waals surface area contributed by atoms with E-state index in [1.165, 1.54) is 6.07 Å². The number of amides is 1. The van der Waals surface area contributed by atoms with Crippen molar-refractivity contribution in [3.63, 3.8) is 0 Å². The number of benzene rings is 1. The van der Waals surface area contributed by atoms with E-state index in [0.717, 1.165) is 0 Å². The molecule has 1 saturated heterocycles. The quantitative estimate of drug-likeness (QED) is 0.918. The highest BCUT2D eigenvalue weighted by molar-refractivity contribution is 5.84. The molecule has 1 N–H and O–H groups in total. The molecular formula is C16H23FN2O. The number of nitrogens with one attached hydrogen (secondary N) is 1. The Kier molecular flexibility index (Phi) is 4.43. The van der Waals surface area contributed by atoms with Crippen LogP contribution in [-0.2, 0) is 4.79 Å². The van der Waals surface area contributed by atoms with Crippen molar-refractivity contribution in [3.05, 3.63) is 35.6 Å². The number of halogens is 1. The molecule has 1 aromatic carbocycles. The lowest BCUT2D eigenvalue weighted by Crippen LogP contribution is -2.41. The van der Waals surface area contributed by atoms with Crippen molar-refractivity contribution in [2.24, 2.45) is 5.92 Å². The summed E-state index contributed by atoms with van der Waals surface area (Å²) in [6.07, 6.45) is 0.344. The van der Waals surface area contributed by atoms with Crippen molar-refractivity contribution >= 4 is 5.91 Å². The van der Waals surface area contributed by atoms with Gasteiger partial charge in [0.1, 0.15) is 12.0 Å². The normalized spacial score (nSPS) is 24.5. The lowest BCUT2D eigenvalue weighted by Gasteiger charge is -2.33. The molecule has 1 heterocycles. The van der Waals surface area contributed by atoms with Crippen LogP contribution in [0.15, 0.2) is 24.3 Å². The second-order valence-corrected chi connectivity index (χ2v) is 5.78. The molecule has 0 aromatic heterocycles. The molecule has 1 aliphatic rings. The first-order chi connectivity index (χ1) is 9.47. The Labute approximate surface area is 120 Å². The Morgan fingerprint density at radius 3 is 2.50 bits per heavy atom. The van der Waals surface area contributed by atoms with E-state index in [1.807, 2.05) is 19.9 Å². The number of carbonyl (C=O) groups excluding carboxylic acids is 1. The standard InChI is InChI=1S/C16H23FN2O/c1-5-14-16(20)19(11(4)10(2)3)15(18-14)12-8-6-7-9-13(12)17/h6-11,14-15,18H,5H2,1-4H3. The van der Waals surface area contributed by atoms with Crippen LogP contribution in [0.1, 0.15) is 45.8 Å². The zero-order chi connectivity index (χ0) is 14.9.